The lowest BCUT2D eigenvalue weighted by Crippen LogP contribution is -2.45. The molecule has 0 aliphatic carbocycles. The molecule has 0 bridgehead atoms. The predicted molar refractivity (Wildman–Crippen MR) is 109 cm³/mol. The number of carbonyl (C=O) groups excluding carboxylic acids is 1. The number of nitrogens with one attached hydrogen (secondary N) is 2. The first-order valence-corrected chi connectivity index (χ1v) is 9.83. The summed E-state index contributed by atoms with van der Waals surface area (Å²) in [4.78, 5) is 12.1. The van der Waals surface area contributed by atoms with Crippen molar-refractivity contribution in [2.75, 3.05) is 13.2 Å². The average Bonchev–Trinajstić information content (AvgIpc) is 3.18. The lowest BCUT2D eigenvalue weighted by Gasteiger charge is -2.18. The van der Waals surface area contributed by atoms with Crippen molar-refractivity contribution in [3.05, 3.63) is 65.5 Å². The van der Waals surface area contributed by atoms with Gasteiger partial charge in [-0.05, 0) is 36.1 Å². The molecule has 1 amide bonds. The minimum Gasteiger partial charge on any atom is -0.490 e. The van der Waals surface area contributed by atoms with Crippen LogP contribution in [-0.2, 0) is 11.3 Å². The quantitative estimate of drug-likeness (QED) is 0.531. The van der Waals surface area contributed by atoms with Crippen LogP contribution in [0.25, 0.3) is 10.1 Å². The zero-order valence-corrected chi connectivity index (χ0v) is 16.0. The maximum absolute atomic E-state index is 12.1. The third-order valence-electron chi connectivity index (χ3n) is 4.25. The minimum absolute atomic E-state index is 0.102. The van der Waals surface area contributed by atoms with Gasteiger partial charge in [0.2, 0.25) is 5.91 Å². The Morgan fingerprint density at radius 1 is 1.15 bits per heavy atom. The van der Waals surface area contributed by atoms with Gasteiger partial charge in [0.1, 0.15) is 18.5 Å². The van der Waals surface area contributed by atoms with Crippen LogP contribution in [0.5, 0.6) is 5.75 Å². The Kier molecular flexibility index (Phi) is 6.81. The molecule has 0 saturated heterocycles. The molecule has 1 aromatic heterocycles. The Hall–Kier alpha value is -2.41. The number of hydrogen-bond donors (Lipinski definition) is 3. The highest BCUT2D eigenvalue weighted by atomic mass is 32.1. The molecule has 27 heavy (non-hydrogen) atoms. The second kappa shape index (κ2) is 9.50. The van der Waals surface area contributed by atoms with E-state index in [2.05, 4.69) is 10.6 Å². The molecule has 6 heteroatoms. The standard InChI is InChI=1S/C21H24N2O3S/c1-15(21(25)23-12-16-6-3-2-4-7-16)22-13-17(24)14-26-19-8-5-9-20-18(19)10-11-27-20/h2-11,15,17,22,24H,12-14H2,1H3,(H,23,25). The first-order chi connectivity index (χ1) is 13.1. The molecule has 2 atom stereocenters. The van der Waals surface area contributed by atoms with Gasteiger partial charge in [-0.15, -0.1) is 11.3 Å². The summed E-state index contributed by atoms with van der Waals surface area (Å²) in [7, 11) is 0. The third kappa shape index (κ3) is 5.53. The number of rotatable bonds is 9. The zero-order chi connectivity index (χ0) is 19.1. The molecule has 0 radical (unpaired) electrons. The molecule has 0 spiro atoms. The van der Waals surface area contributed by atoms with Gasteiger partial charge in [-0.3, -0.25) is 4.79 Å². The van der Waals surface area contributed by atoms with Gasteiger partial charge in [0.05, 0.1) is 6.04 Å². The van der Waals surface area contributed by atoms with Crippen LogP contribution < -0.4 is 15.4 Å². The summed E-state index contributed by atoms with van der Waals surface area (Å²) < 4.78 is 6.91. The molecule has 3 N–H and O–H groups in total. The molecule has 2 unspecified atom stereocenters. The SMILES string of the molecule is CC(NCC(O)COc1cccc2sccc12)C(=O)NCc1ccccc1. The van der Waals surface area contributed by atoms with Gasteiger partial charge in [0.15, 0.2) is 0 Å². The van der Waals surface area contributed by atoms with E-state index >= 15 is 0 Å². The Morgan fingerprint density at radius 3 is 2.78 bits per heavy atom. The maximum Gasteiger partial charge on any atom is 0.237 e. The number of aliphatic hydroxyl groups excluding tert-OH is 1. The lowest BCUT2D eigenvalue weighted by molar-refractivity contribution is -0.123. The van der Waals surface area contributed by atoms with Gasteiger partial charge in [-0.25, -0.2) is 0 Å². The molecular formula is C21H24N2O3S. The van der Waals surface area contributed by atoms with E-state index < -0.39 is 12.1 Å². The number of fused-ring (bicyclic) bond motifs is 1. The second-order valence-electron chi connectivity index (χ2n) is 6.39. The van der Waals surface area contributed by atoms with Crippen LogP contribution in [0.4, 0.5) is 0 Å². The summed E-state index contributed by atoms with van der Waals surface area (Å²) in [6.45, 7) is 2.71. The van der Waals surface area contributed by atoms with Crippen molar-refractivity contribution in [2.24, 2.45) is 0 Å². The first-order valence-electron chi connectivity index (χ1n) is 8.95. The fourth-order valence-electron chi connectivity index (χ4n) is 2.68. The number of thiophene rings is 1. The summed E-state index contributed by atoms with van der Waals surface area (Å²) in [5, 5.41) is 19.2. The molecule has 0 aliphatic rings. The van der Waals surface area contributed by atoms with E-state index in [-0.39, 0.29) is 19.1 Å². The number of carbonyl (C=O) groups is 1. The Labute approximate surface area is 163 Å². The number of amides is 1. The number of ether oxygens (including phenoxy) is 1. The highest BCUT2D eigenvalue weighted by Gasteiger charge is 2.14. The van der Waals surface area contributed by atoms with E-state index in [1.807, 2.05) is 60.0 Å². The number of aliphatic hydroxyl groups is 1. The second-order valence-corrected chi connectivity index (χ2v) is 7.33. The maximum atomic E-state index is 12.1. The third-order valence-corrected chi connectivity index (χ3v) is 5.13. The van der Waals surface area contributed by atoms with Gasteiger partial charge in [0.25, 0.3) is 0 Å². The predicted octanol–water partition coefficient (Wildman–Crippen LogP) is 2.94. The fraction of sp³-hybridized carbons (Fsp3) is 0.286. The monoisotopic (exact) mass is 384 g/mol. The summed E-state index contributed by atoms with van der Waals surface area (Å²) in [6, 6.07) is 17.3. The van der Waals surface area contributed by atoms with Gasteiger partial charge in [0, 0.05) is 23.2 Å². The van der Waals surface area contributed by atoms with Gasteiger partial charge < -0.3 is 20.5 Å². The smallest absolute Gasteiger partial charge is 0.237 e. The van der Waals surface area contributed by atoms with Crippen molar-refractivity contribution < 1.29 is 14.6 Å². The van der Waals surface area contributed by atoms with Gasteiger partial charge >= 0.3 is 0 Å². The molecule has 2 aromatic carbocycles. The molecule has 3 rings (SSSR count). The molecule has 0 fully saturated rings. The molecule has 5 nitrogen and oxygen atoms in total. The van der Waals surface area contributed by atoms with E-state index in [1.165, 1.54) is 0 Å². The topological polar surface area (TPSA) is 70.6 Å². The fourth-order valence-corrected chi connectivity index (χ4v) is 3.48. The molecule has 0 saturated carbocycles. The Balaban J connectivity index is 1.39. The molecule has 3 aromatic rings. The van der Waals surface area contributed by atoms with Crippen molar-refractivity contribution in [1.82, 2.24) is 10.6 Å². The summed E-state index contributed by atoms with van der Waals surface area (Å²) in [5.74, 6) is 0.663. The summed E-state index contributed by atoms with van der Waals surface area (Å²) in [5.41, 5.74) is 1.05. The molecule has 142 valence electrons. The highest BCUT2D eigenvalue weighted by Crippen LogP contribution is 2.29. The van der Waals surface area contributed by atoms with E-state index in [1.54, 1.807) is 18.3 Å². The van der Waals surface area contributed by atoms with Crippen LogP contribution in [-0.4, -0.2) is 36.3 Å². The van der Waals surface area contributed by atoms with Crippen LogP contribution in [0.2, 0.25) is 0 Å². The van der Waals surface area contributed by atoms with Crippen LogP contribution in [0.15, 0.2) is 60.0 Å². The zero-order valence-electron chi connectivity index (χ0n) is 15.2. The van der Waals surface area contributed by atoms with E-state index in [0.29, 0.717) is 6.54 Å². The van der Waals surface area contributed by atoms with Crippen LogP contribution >= 0.6 is 11.3 Å². The van der Waals surface area contributed by atoms with Gasteiger partial charge in [-0.2, -0.15) is 0 Å². The number of hydrogen-bond acceptors (Lipinski definition) is 5. The van der Waals surface area contributed by atoms with E-state index in [9.17, 15) is 9.90 Å². The molecule has 1 heterocycles. The molecule has 0 aliphatic heterocycles. The van der Waals surface area contributed by atoms with Crippen LogP contribution in [0, 0.1) is 0 Å². The van der Waals surface area contributed by atoms with Crippen LogP contribution in [0.1, 0.15) is 12.5 Å². The van der Waals surface area contributed by atoms with Crippen molar-refractivity contribution in [2.45, 2.75) is 25.6 Å². The van der Waals surface area contributed by atoms with Crippen molar-refractivity contribution in [3.8, 4) is 5.75 Å². The van der Waals surface area contributed by atoms with Crippen LogP contribution in [0.3, 0.4) is 0 Å². The van der Waals surface area contributed by atoms with Crippen molar-refractivity contribution in [1.29, 1.82) is 0 Å². The first kappa shape index (κ1) is 19.4. The van der Waals surface area contributed by atoms with E-state index in [4.69, 9.17) is 4.74 Å². The Morgan fingerprint density at radius 2 is 1.96 bits per heavy atom. The molecular weight excluding hydrogens is 360 g/mol. The average molecular weight is 385 g/mol. The van der Waals surface area contributed by atoms with Crippen molar-refractivity contribution >= 4 is 27.3 Å². The van der Waals surface area contributed by atoms with Gasteiger partial charge in [-0.1, -0.05) is 36.4 Å². The Bertz CT molecular complexity index is 866. The van der Waals surface area contributed by atoms with Crippen molar-refractivity contribution in [3.63, 3.8) is 0 Å². The highest BCUT2D eigenvalue weighted by molar-refractivity contribution is 7.17. The number of benzene rings is 2. The normalized spacial score (nSPS) is 13.3. The van der Waals surface area contributed by atoms with E-state index in [0.717, 1.165) is 21.4 Å². The minimum atomic E-state index is -0.705. The summed E-state index contributed by atoms with van der Waals surface area (Å²) >= 11 is 1.66. The largest absolute Gasteiger partial charge is 0.490 e. The lowest BCUT2D eigenvalue weighted by atomic mass is 10.2. The summed E-state index contributed by atoms with van der Waals surface area (Å²) in [6.07, 6.45) is -0.705.